The number of hydrogen-bond acceptors (Lipinski definition) is 0. The van der Waals surface area contributed by atoms with Gasteiger partial charge in [0, 0.05) is 0 Å². The molecule has 3 rings (SSSR count). The lowest BCUT2D eigenvalue weighted by atomic mass is 10.2. The molecule has 0 aliphatic carbocycles. The molecule has 3 aromatic rings. The lowest BCUT2D eigenvalue weighted by Crippen LogP contribution is -2.30. The van der Waals surface area contributed by atoms with Crippen LogP contribution >= 0.6 is 7.26 Å². The molecule has 23 heavy (non-hydrogen) atoms. The summed E-state index contributed by atoms with van der Waals surface area (Å²) < 4.78 is 25.8. The van der Waals surface area contributed by atoms with E-state index in [1.165, 1.54) is 0 Å². The summed E-state index contributed by atoms with van der Waals surface area (Å²) >= 11 is 0. The zero-order chi connectivity index (χ0) is 18.9. The molecule has 0 heterocycles. The van der Waals surface area contributed by atoms with Gasteiger partial charge in [0.25, 0.3) is 0 Å². The fourth-order valence-corrected chi connectivity index (χ4v) is 5.44. The Balaban J connectivity index is 2.40. The van der Waals surface area contributed by atoms with Crippen LogP contribution in [0.25, 0.3) is 0 Å². The summed E-state index contributed by atoms with van der Waals surface area (Å²) in [4.78, 5) is 0. The summed E-state index contributed by atoms with van der Waals surface area (Å²) in [5.74, 6) is 0. The minimum absolute atomic E-state index is 0.899. The lowest BCUT2D eigenvalue weighted by molar-refractivity contribution is 1.48. The first kappa shape index (κ1) is 12.5. The van der Waals surface area contributed by atoms with E-state index in [9.17, 15) is 0 Å². The summed E-state index contributed by atoms with van der Waals surface area (Å²) in [5, 5.41) is 2.70. The fraction of sp³-hybridized carbons (Fsp3) is 0.182. The maximum absolute atomic E-state index is 8.59. The van der Waals surface area contributed by atoms with Crippen LogP contribution in [0.3, 0.4) is 0 Å². The number of rotatable bonds is 3. The third kappa shape index (κ3) is 3.09. The van der Waals surface area contributed by atoms with Crippen molar-refractivity contribution >= 4 is 23.2 Å². The molecule has 0 radical (unpaired) electrons. The first-order valence-corrected chi connectivity index (χ1v) is 9.65. The maximum Gasteiger partial charge on any atom is 0.109 e. The van der Waals surface area contributed by atoms with Crippen LogP contribution in [0.1, 0.15) is 20.8 Å². The van der Waals surface area contributed by atoms with Crippen LogP contribution in [0.4, 0.5) is 0 Å². The zero-order valence-electron chi connectivity index (χ0n) is 16.9. The molecule has 0 atom stereocenters. The molecule has 0 saturated heterocycles. The molecule has 0 aromatic heterocycles. The molecule has 0 amide bonds. The highest BCUT2D eigenvalue weighted by atomic mass is 31.2. The highest BCUT2D eigenvalue weighted by molar-refractivity contribution is 7.95. The molecular formula is C22H24P+. The van der Waals surface area contributed by atoms with Crippen molar-refractivity contribution in [3.8, 4) is 0 Å². The van der Waals surface area contributed by atoms with Gasteiger partial charge >= 0.3 is 0 Å². The van der Waals surface area contributed by atoms with Gasteiger partial charge in [-0.3, -0.25) is 0 Å². The number of hydrogen-bond donors (Lipinski definition) is 0. The molecule has 0 bridgehead atoms. The van der Waals surface area contributed by atoms with E-state index in [4.69, 9.17) is 4.11 Å². The van der Waals surface area contributed by atoms with Crippen LogP contribution in [-0.4, -0.2) is 6.59 Å². The Morgan fingerprint density at radius 3 is 1.00 bits per heavy atom. The average Bonchev–Trinajstić information content (AvgIpc) is 2.59. The van der Waals surface area contributed by atoms with E-state index in [-0.39, 0.29) is 0 Å². The summed E-state index contributed by atoms with van der Waals surface area (Å²) in [6.07, 6.45) is 0. The van der Waals surface area contributed by atoms with Crippen molar-refractivity contribution in [3.05, 3.63) is 89.5 Å². The lowest BCUT2D eigenvalue weighted by Gasteiger charge is -2.23. The summed E-state index contributed by atoms with van der Waals surface area (Å²) in [5.41, 5.74) is 3.39. The zero-order valence-corrected chi connectivity index (χ0v) is 14.8. The van der Waals surface area contributed by atoms with Gasteiger partial charge in [0.1, 0.15) is 23.2 Å². The molecular weight excluding hydrogens is 296 g/mol. The second kappa shape index (κ2) is 6.30. The molecule has 0 spiro atoms. The van der Waals surface area contributed by atoms with Gasteiger partial charge in [-0.05, 0) is 57.2 Å². The van der Waals surface area contributed by atoms with E-state index < -0.39 is 13.9 Å². The van der Waals surface area contributed by atoms with Gasteiger partial charge in [0.2, 0.25) is 0 Å². The van der Waals surface area contributed by atoms with Crippen molar-refractivity contribution in [1.29, 1.82) is 0 Å². The van der Waals surface area contributed by atoms with E-state index in [0.29, 0.717) is 0 Å². The van der Waals surface area contributed by atoms with Crippen LogP contribution in [0.2, 0.25) is 0 Å². The van der Waals surface area contributed by atoms with E-state index in [0.717, 1.165) is 32.6 Å². The van der Waals surface area contributed by atoms with Crippen molar-refractivity contribution in [2.24, 2.45) is 0 Å². The number of aryl methyl sites for hydroxylation is 3. The molecule has 0 unspecified atom stereocenters. The van der Waals surface area contributed by atoms with Crippen LogP contribution in [0, 0.1) is 20.8 Å². The van der Waals surface area contributed by atoms with E-state index in [1.807, 2.05) is 93.6 Å². The summed E-state index contributed by atoms with van der Waals surface area (Å²) in [6.45, 7) is 3.94. The normalized spacial score (nSPS) is 14.0. The second-order valence-electron chi connectivity index (χ2n) is 6.18. The summed E-state index contributed by atoms with van der Waals surface area (Å²) in [6, 6.07) is 24.0. The predicted octanol–water partition coefficient (Wildman–Crippen LogP) is 4.54. The molecule has 1 heteroatoms. The van der Waals surface area contributed by atoms with Crippen LogP contribution < -0.4 is 15.9 Å². The topological polar surface area (TPSA) is 0 Å². The Bertz CT molecular complexity index is 766. The van der Waals surface area contributed by atoms with E-state index in [2.05, 4.69) is 0 Å². The van der Waals surface area contributed by atoms with E-state index in [1.54, 1.807) is 0 Å². The minimum atomic E-state index is -2.80. The molecule has 0 saturated carbocycles. The van der Waals surface area contributed by atoms with Crippen molar-refractivity contribution in [1.82, 2.24) is 0 Å². The molecule has 116 valence electrons. The summed E-state index contributed by atoms with van der Waals surface area (Å²) in [7, 11) is -2.80. The van der Waals surface area contributed by atoms with Crippen molar-refractivity contribution in [3.63, 3.8) is 0 Å². The molecule has 0 N–H and O–H groups in total. The maximum atomic E-state index is 8.59. The molecule has 0 aliphatic heterocycles. The molecule has 0 aliphatic rings. The van der Waals surface area contributed by atoms with Crippen molar-refractivity contribution in [2.45, 2.75) is 20.8 Å². The Hall–Kier alpha value is -1.91. The smallest absolute Gasteiger partial charge is 0.0554 e. The van der Waals surface area contributed by atoms with Gasteiger partial charge < -0.3 is 0 Å². The fourth-order valence-electron chi connectivity index (χ4n) is 2.75. The average molecular weight is 323 g/mol. The van der Waals surface area contributed by atoms with Gasteiger partial charge in [0.15, 0.2) is 0 Å². The third-order valence-electron chi connectivity index (χ3n) is 4.26. The Morgan fingerprint density at radius 1 is 0.522 bits per heavy atom. The monoisotopic (exact) mass is 323 g/mol. The van der Waals surface area contributed by atoms with Gasteiger partial charge in [0.05, 0.1) is 10.7 Å². The van der Waals surface area contributed by atoms with Crippen molar-refractivity contribution in [2.75, 3.05) is 6.59 Å². The largest absolute Gasteiger partial charge is 0.109 e. The quantitative estimate of drug-likeness (QED) is 0.490. The van der Waals surface area contributed by atoms with Gasteiger partial charge in [-0.25, -0.2) is 0 Å². The molecule has 0 fully saturated rings. The van der Waals surface area contributed by atoms with E-state index >= 15 is 0 Å². The van der Waals surface area contributed by atoms with Crippen molar-refractivity contribution < 1.29 is 4.11 Å². The molecule has 0 nitrogen and oxygen atoms in total. The van der Waals surface area contributed by atoms with Crippen LogP contribution in [-0.2, 0) is 0 Å². The first-order valence-electron chi connectivity index (χ1n) is 9.36. The predicted molar refractivity (Wildman–Crippen MR) is 105 cm³/mol. The third-order valence-corrected chi connectivity index (χ3v) is 7.48. The van der Waals surface area contributed by atoms with Crippen LogP contribution in [0.5, 0.6) is 0 Å². The Morgan fingerprint density at radius 2 is 0.783 bits per heavy atom. The van der Waals surface area contributed by atoms with Gasteiger partial charge in [-0.1, -0.05) is 53.1 Å². The van der Waals surface area contributed by atoms with Gasteiger partial charge in [-0.15, -0.1) is 0 Å². The first-order chi connectivity index (χ1) is 12.2. The van der Waals surface area contributed by atoms with Gasteiger partial charge in [-0.2, -0.15) is 0 Å². The standard InChI is InChI=1S/C22H24P/c1-17-5-11-20(12-6-17)23(4,21-13-7-18(2)8-14-21)22-15-9-19(3)10-16-22/h5-16H,1-4H3/q+1/i4+1D3. The minimum Gasteiger partial charge on any atom is -0.0554 e. The van der Waals surface area contributed by atoms with Crippen LogP contribution in [0.15, 0.2) is 72.8 Å². The highest BCUT2D eigenvalue weighted by Crippen LogP contribution is 2.51. The molecule has 3 aromatic carbocycles. The Labute approximate surface area is 144 Å². The highest BCUT2D eigenvalue weighted by Gasteiger charge is 2.39. The number of benzene rings is 3. The second-order valence-corrected chi connectivity index (χ2v) is 9.07. The SMILES string of the molecule is [2H][13C]([2H])([2H])[P+](c1ccc(C)cc1)(c1ccc(C)cc1)c1ccc(C)cc1. The Kier molecular flexibility index (Phi) is 3.43.